The summed E-state index contributed by atoms with van der Waals surface area (Å²) in [5.41, 5.74) is 17.5. The van der Waals surface area contributed by atoms with Crippen molar-refractivity contribution in [3.05, 3.63) is 217 Å². The first-order chi connectivity index (χ1) is 28.1. The molecule has 2 heterocycles. The van der Waals surface area contributed by atoms with E-state index in [4.69, 9.17) is 14.4 Å². The Morgan fingerprint density at radius 3 is 1.79 bits per heavy atom. The third kappa shape index (κ3) is 5.43. The van der Waals surface area contributed by atoms with Gasteiger partial charge in [0.2, 0.25) is 0 Å². The highest BCUT2D eigenvalue weighted by atomic mass is 16.3. The van der Waals surface area contributed by atoms with Gasteiger partial charge >= 0.3 is 0 Å². The van der Waals surface area contributed by atoms with Crippen molar-refractivity contribution in [2.45, 2.75) is 12.3 Å². The van der Waals surface area contributed by atoms with Crippen molar-refractivity contribution in [1.29, 1.82) is 0 Å². The van der Waals surface area contributed by atoms with E-state index in [0.29, 0.717) is 5.82 Å². The van der Waals surface area contributed by atoms with Gasteiger partial charge in [-0.25, -0.2) is 9.97 Å². The van der Waals surface area contributed by atoms with E-state index < -0.39 is 0 Å². The average Bonchev–Trinajstić information content (AvgIpc) is 3.79. The normalized spacial score (nSPS) is 14.5. The molecule has 0 spiro atoms. The lowest BCUT2D eigenvalue weighted by Gasteiger charge is -2.28. The molecule has 0 radical (unpaired) electrons. The highest BCUT2D eigenvalue weighted by molar-refractivity contribution is 6.06. The summed E-state index contributed by atoms with van der Waals surface area (Å²) in [4.78, 5) is 10.4. The molecule has 1 unspecified atom stereocenters. The van der Waals surface area contributed by atoms with Gasteiger partial charge in [0.25, 0.3) is 0 Å². The molecule has 0 amide bonds. The van der Waals surface area contributed by atoms with Crippen LogP contribution >= 0.6 is 0 Å². The molecule has 1 aliphatic carbocycles. The van der Waals surface area contributed by atoms with E-state index in [2.05, 4.69) is 177 Å². The molecule has 3 heteroatoms. The number of hydrogen-bond acceptors (Lipinski definition) is 3. The summed E-state index contributed by atoms with van der Waals surface area (Å²) in [6, 6.07) is 71.1. The summed E-state index contributed by atoms with van der Waals surface area (Å²) in [6.45, 7) is 2.36. The molecule has 0 bridgehead atoms. The molecule has 3 nitrogen and oxygen atoms in total. The summed E-state index contributed by atoms with van der Waals surface area (Å²) in [7, 11) is 0. The molecule has 0 fully saturated rings. The number of nitrogens with zero attached hydrogens (tertiary/aromatic N) is 2. The minimum atomic E-state index is -0.243. The van der Waals surface area contributed by atoms with Crippen LogP contribution < -0.4 is 0 Å². The highest BCUT2D eigenvalue weighted by Gasteiger charge is 2.40. The van der Waals surface area contributed by atoms with Gasteiger partial charge < -0.3 is 4.42 Å². The summed E-state index contributed by atoms with van der Waals surface area (Å²) >= 11 is 0. The lowest BCUT2D eigenvalue weighted by atomic mass is 9.74. The minimum absolute atomic E-state index is 0.243. The predicted octanol–water partition coefficient (Wildman–Crippen LogP) is 14.0. The van der Waals surface area contributed by atoms with Gasteiger partial charge in [0, 0.05) is 32.9 Å². The SMILES string of the molecule is CC1(c2ccccc2)c2ccccc2-c2cc(-c3ccccc3-c3cc(-c4ccc(-c5ccc6oc7ccccc7c6c5)cc4)nc(-c4ccccc4)n3)ccc21. The van der Waals surface area contributed by atoms with Crippen molar-refractivity contribution in [3.8, 4) is 67.3 Å². The van der Waals surface area contributed by atoms with E-state index in [9.17, 15) is 0 Å². The van der Waals surface area contributed by atoms with Gasteiger partial charge in [-0.1, -0.05) is 170 Å². The molecule has 1 atom stereocenters. The smallest absolute Gasteiger partial charge is 0.160 e. The molecule has 2 aromatic heterocycles. The summed E-state index contributed by atoms with van der Waals surface area (Å²) < 4.78 is 6.10. The van der Waals surface area contributed by atoms with Gasteiger partial charge in [-0.3, -0.25) is 0 Å². The number of furan rings is 1. The number of para-hydroxylation sites is 1. The Kier molecular flexibility index (Phi) is 7.61. The van der Waals surface area contributed by atoms with Crippen molar-refractivity contribution < 1.29 is 4.42 Å². The van der Waals surface area contributed by atoms with Crippen molar-refractivity contribution >= 4 is 21.9 Å². The average molecular weight is 729 g/mol. The van der Waals surface area contributed by atoms with Crippen LogP contribution in [0.1, 0.15) is 23.6 Å². The molecule has 0 saturated heterocycles. The Morgan fingerprint density at radius 1 is 0.368 bits per heavy atom. The van der Waals surface area contributed by atoms with Gasteiger partial charge in [0.05, 0.1) is 11.4 Å². The van der Waals surface area contributed by atoms with Gasteiger partial charge in [0.15, 0.2) is 5.82 Å². The molecule has 268 valence electrons. The van der Waals surface area contributed by atoms with Crippen LogP contribution in [0.5, 0.6) is 0 Å². The Balaban J connectivity index is 1.02. The predicted molar refractivity (Wildman–Crippen MR) is 234 cm³/mol. The second-order valence-corrected chi connectivity index (χ2v) is 15.1. The van der Waals surface area contributed by atoms with Crippen LogP contribution in [0.3, 0.4) is 0 Å². The second-order valence-electron chi connectivity index (χ2n) is 15.1. The van der Waals surface area contributed by atoms with E-state index in [0.717, 1.165) is 72.3 Å². The maximum atomic E-state index is 6.10. The minimum Gasteiger partial charge on any atom is -0.456 e. The van der Waals surface area contributed by atoms with E-state index in [1.807, 2.05) is 30.3 Å². The number of hydrogen-bond donors (Lipinski definition) is 0. The van der Waals surface area contributed by atoms with Gasteiger partial charge in [-0.05, 0) is 87.3 Å². The Bertz CT molecular complexity index is 3130. The van der Waals surface area contributed by atoms with Crippen LogP contribution in [0.2, 0.25) is 0 Å². The fourth-order valence-corrected chi connectivity index (χ4v) is 8.90. The largest absolute Gasteiger partial charge is 0.456 e. The van der Waals surface area contributed by atoms with Gasteiger partial charge in [-0.2, -0.15) is 0 Å². The van der Waals surface area contributed by atoms with E-state index in [-0.39, 0.29) is 5.41 Å². The zero-order chi connectivity index (χ0) is 37.9. The third-order valence-corrected chi connectivity index (χ3v) is 11.8. The first-order valence-electron chi connectivity index (χ1n) is 19.5. The first kappa shape index (κ1) is 33.0. The lowest BCUT2D eigenvalue weighted by Crippen LogP contribution is -2.22. The topological polar surface area (TPSA) is 38.9 Å². The quantitative estimate of drug-likeness (QED) is 0.171. The van der Waals surface area contributed by atoms with Crippen molar-refractivity contribution in [2.24, 2.45) is 0 Å². The maximum Gasteiger partial charge on any atom is 0.160 e. The standard InChI is InChI=1S/C54H36N2O/c1-54(40-16-6-3-7-17-40)47-22-12-10-19-42(47)45-33-39(28-30-48(45)54)41-18-8-9-20-43(41)50-34-49(55-53(56-50)37-14-4-2-5-15-37)36-26-24-35(25-27-36)38-29-31-52-46(32-38)44-21-11-13-23-51(44)57-52/h2-34H,1H3. The molecular formula is C54H36N2O. The summed E-state index contributed by atoms with van der Waals surface area (Å²) in [5, 5.41) is 2.25. The maximum absolute atomic E-state index is 6.10. The van der Waals surface area contributed by atoms with Crippen molar-refractivity contribution in [1.82, 2.24) is 9.97 Å². The van der Waals surface area contributed by atoms with Crippen LogP contribution in [0.25, 0.3) is 89.2 Å². The van der Waals surface area contributed by atoms with E-state index in [1.54, 1.807) is 0 Å². The Hall–Kier alpha value is -7.36. The van der Waals surface area contributed by atoms with E-state index >= 15 is 0 Å². The number of benzene rings is 8. The second kappa shape index (κ2) is 13.1. The monoisotopic (exact) mass is 728 g/mol. The fourth-order valence-electron chi connectivity index (χ4n) is 8.90. The molecular weight excluding hydrogens is 693 g/mol. The summed E-state index contributed by atoms with van der Waals surface area (Å²) in [6.07, 6.45) is 0. The zero-order valence-corrected chi connectivity index (χ0v) is 31.4. The number of rotatable bonds is 6. The molecule has 0 N–H and O–H groups in total. The molecule has 8 aromatic carbocycles. The number of aromatic nitrogens is 2. The highest BCUT2D eigenvalue weighted by Crippen LogP contribution is 2.53. The van der Waals surface area contributed by atoms with Crippen molar-refractivity contribution in [2.75, 3.05) is 0 Å². The molecule has 57 heavy (non-hydrogen) atoms. The molecule has 11 rings (SSSR count). The first-order valence-corrected chi connectivity index (χ1v) is 19.5. The Morgan fingerprint density at radius 2 is 0.965 bits per heavy atom. The molecule has 1 aliphatic rings. The van der Waals surface area contributed by atoms with Crippen LogP contribution in [0.4, 0.5) is 0 Å². The number of fused-ring (bicyclic) bond motifs is 6. The van der Waals surface area contributed by atoms with Gasteiger partial charge in [0.1, 0.15) is 11.2 Å². The molecule has 0 aliphatic heterocycles. The van der Waals surface area contributed by atoms with Crippen LogP contribution in [0, 0.1) is 0 Å². The fraction of sp³-hybridized carbons (Fsp3) is 0.0370. The molecule has 0 saturated carbocycles. The Labute approximate surface area is 331 Å². The van der Waals surface area contributed by atoms with Gasteiger partial charge in [-0.15, -0.1) is 0 Å². The zero-order valence-electron chi connectivity index (χ0n) is 31.4. The third-order valence-electron chi connectivity index (χ3n) is 11.8. The van der Waals surface area contributed by atoms with Crippen LogP contribution in [0.15, 0.2) is 205 Å². The van der Waals surface area contributed by atoms with Crippen LogP contribution in [-0.2, 0) is 5.41 Å². The molecule has 10 aromatic rings. The van der Waals surface area contributed by atoms with Crippen LogP contribution in [-0.4, -0.2) is 9.97 Å². The van der Waals surface area contributed by atoms with Crippen molar-refractivity contribution in [3.63, 3.8) is 0 Å². The lowest BCUT2D eigenvalue weighted by molar-refractivity contribution is 0.669. The van der Waals surface area contributed by atoms with E-state index in [1.165, 1.54) is 27.8 Å². The summed E-state index contributed by atoms with van der Waals surface area (Å²) in [5.74, 6) is 0.695.